The molecule has 0 aliphatic carbocycles. The average molecular weight is 500 g/mol. The van der Waals surface area contributed by atoms with Gasteiger partial charge in [0.1, 0.15) is 11.4 Å². The first-order chi connectivity index (χ1) is 17.9. The highest BCUT2D eigenvalue weighted by atomic mass is 16.6. The summed E-state index contributed by atoms with van der Waals surface area (Å²) in [6.07, 6.45) is 0. The van der Waals surface area contributed by atoms with Crippen molar-refractivity contribution in [1.82, 2.24) is 20.6 Å². The van der Waals surface area contributed by atoms with E-state index in [1.165, 1.54) is 0 Å². The number of aliphatic imine (C=N–C) groups is 1. The van der Waals surface area contributed by atoms with E-state index in [9.17, 15) is 15.2 Å². The summed E-state index contributed by atoms with van der Waals surface area (Å²) in [6, 6.07) is 20.6. The number of para-hydroxylation sites is 4. The van der Waals surface area contributed by atoms with Crippen molar-refractivity contribution in [3.8, 4) is 0 Å². The number of aromatic nitrogens is 1. The third kappa shape index (κ3) is 5.03. The SMILES string of the molecule is Cc1cccc2cc3cccc(C(=O)NCCN(C)CCN=C4NN(O)c5ccccc5N4O)c3nc12. The summed E-state index contributed by atoms with van der Waals surface area (Å²) in [5, 5.41) is 27.2. The third-order valence-electron chi connectivity index (χ3n) is 6.38. The monoisotopic (exact) mass is 499 g/mol. The summed E-state index contributed by atoms with van der Waals surface area (Å²) in [5.41, 5.74) is 6.69. The van der Waals surface area contributed by atoms with Gasteiger partial charge in [-0.1, -0.05) is 42.5 Å². The Labute approximate surface area is 214 Å². The van der Waals surface area contributed by atoms with Crippen LogP contribution in [0.4, 0.5) is 11.4 Å². The topological polar surface area (TPSA) is 117 Å². The Balaban J connectivity index is 1.17. The van der Waals surface area contributed by atoms with Crippen LogP contribution >= 0.6 is 0 Å². The van der Waals surface area contributed by atoms with Crippen LogP contribution in [0.25, 0.3) is 21.8 Å². The van der Waals surface area contributed by atoms with Crippen molar-refractivity contribution in [3.63, 3.8) is 0 Å². The van der Waals surface area contributed by atoms with Crippen molar-refractivity contribution in [2.75, 3.05) is 43.5 Å². The third-order valence-corrected chi connectivity index (χ3v) is 6.38. The van der Waals surface area contributed by atoms with Crippen LogP contribution in [0.1, 0.15) is 15.9 Å². The van der Waals surface area contributed by atoms with Crippen LogP contribution in [0, 0.1) is 6.92 Å². The molecule has 0 bridgehead atoms. The van der Waals surface area contributed by atoms with Crippen molar-refractivity contribution in [1.29, 1.82) is 0 Å². The van der Waals surface area contributed by atoms with Crippen LogP contribution in [-0.4, -0.2) is 65.4 Å². The molecule has 0 radical (unpaired) electrons. The van der Waals surface area contributed by atoms with Gasteiger partial charge in [-0.2, -0.15) is 10.2 Å². The number of aryl methyl sites for hydroxylation is 1. The number of hydrogen-bond acceptors (Lipinski definition) is 7. The van der Waals surface area contributed by atoms with Crippen molar-refractivity contribution in [3.05, 3.63) is 77.9 Å². The Morgan fingerprint density at radius 2 is 1.73 bits per heavy atom. The van der Waals surface area contributed by atoms with Gasteiger partial charge in [0.05, 0.1) is 23.1 Å². The number of hydroxylamine groups is 1. The molecule has 3 aromatic carbocycles. The molecule has 1 amide bonds. The standard InChI is InChI=1S/C27H29N7O3/c1-18-7-5-8-19-17-20-9-6-10-21(25(20)30-24(18)19)26(35)28-13-15-32(2)16-14-29-27-31-34(37)23-12-4-3-11-22(23)33(27)36/h3-12,17,36-37H,13-16H2,1-2H3,(H,28,35)(H,29,31). The summed E-state index contributed by atoms with van der Waals surface area (Å²) in [7, 11) is 1.93. The predicted molar refractivity (Wildman–Crippen MR) is 144 cm³/mol. The lowest BCUT2D eigenvalue weighted by atomic mass is 10.0. The Morgan fingerprint density at radius 3 is 2.54 bits per heavy atom. The lowest BCUT2D eigenvalue weighted by Gasteiger charge is -2.32. The number of benzene rings is 3. The zero-order valence-electron chi connectivity index (χ0n) is 20.7. The van der Waals surface area contributed by atoms with E-state index in [0.29, 0.717) is 48.6 Å². The van der Waals surface area contributed by atoms with Gasteiger partial charge in [0, 0.05) is 30.4 Å². The number of carbonyl (C=O) groups is 1. The smallest absolute Gasteiger partial charge is 0.253 e. The molecule has 0 unspecified atom stereocenters. The summed E-state index contributed by atoms with van der Waals surface area (Å²) in [6.45, 7) is 4.05. The molecule has 0 fully saturated rings. The summed E-state index contributed by atoms with van der Waals surface area (Å²) in [4.78, 5) is 24.2. The second-order valence-electron chi connectivity index (χ2n) is 9.00. The minimum Gasteiger partial charge on any atom is -0.351 e. The molecule has 5 rings (SSSR count). The molecule has 0 atom stereocenters. The zero-order chi connectivity index (χ0) is 25.9. The molecule has 10 heteroatoms. The Bertz CT molecular complexity index is 1490. The van der Waals surface area contributed by atoms with Gasteiger partial charge >= 0.3 is 0 Å². The lowest BCUT2D eigenvalue weighted by molar-refractivity contribution is 0.0951. The number of nitrogens with one attached hydrogen (secondary N) is 2. The average Bonchev–Trinajstić information content (AvgIpc) is 2.90. The van der Waals surface area contributed by atoms with Gasteiger partial charge in [-0.3, -0.25) is 15.2 Å². The van der Waals surface area contributed by atoms with Crippen molar-refractivity contribution in [2.45, 2.75) is 6.92 Å². The zero-order valence-corrected chi connectivity index (χ0v) is 20.7. The lowest BCUT2D eigenvalue weighted by Crippen LogP contribution is -2.52. The molecule has 190 valence electrons. The van der Waals surface area contributed by atoms with E-state index in [-0.39, 0.29) is 11.9 Å². The predicted octanol–water partition coefficient (Wildman–Crippen LogP) is 3.32. The number of carbonyl (C=O) groups excluding carboxylic acids is 1. The minimum absolute atomic E-state index is 0.120. The number of rotatable bonds is 7. The highest BCUT2D eigenvalue weighted by Gasteiger charge is 2.25. The minimum atomic E-state index is -0.163. The fraction of sp³-hybridized carbons (Fsp3) is 0.222. The molecule has 0 saturated carbocycles. The first kappa shape index (κ1) is 24.4. The summed E-state index contributed by atoms with van der Waals surface area (Å²) >= 11 is 0. The number of hydrazine groups is 1. The van der Waals surface area contributed by atoms with E-state index >= 15 is 0 Å². The largest absolute Gasteiger partial charge is 0.351 e. The molecule has 0 spiro atoms. The van der Waals surface area contributed by atoms with Crippen LogP contribution in [0.2, 0.25) is 0 Å². The van der Waals surface area contributed by atoms with E-state index in [1.54, 1.807) is 30.3 Å². The number of fused-ring (bicyclic) bond motifs is 3. The number of guanidine groups is 1. The number of nitrogens with zero attached hydrogens (tertiary/aromatic N) is 5. The molecule has 37 heavy (non-hydrogen) atoms. The van der Waals surface area contributed by atoms with Crippen LogP contribution in [0.15, 0.2) is 71.7 Å². The normalized spacial score (nSPS) is 14.4. The van der Waals surface area contributed by atoms with Gasteiger partial charge in [0.2, 0.25) is 5.96 Å². The van der Waals surface area contributed by atoms with Gasteiger partial charge in [-0.25, -0.2) is 15.4 Å². The molecule has 1 aromatic heterocycles. The highest BCUT2D eigenvalue weighted by Crippen LogP contribution is 2.29. The molecule has 1 aliphatic rings. The number of anilines is 2. The summed E-state index contributed by atoms with van der Waals surface area (Å²) < 4.78 is 0. The maximum atomic E-state index is 13.0. The van der Waals surface area contributed by atoms with Crippen LogP contribution < -0.4 is 21.0 Å². The maximum Gasteiger partial charge on any atom is 0.253 e. The first-order valence-corrected chi connectivity index (χ1v) is 12.1. The van der Waals surface area contributed by atoms with E-state index in [4.69, 9.17) is 4.98 Å². The fourth-order valence-electron chi connectivity index (χ4n) is 4.35. The maximum absolute atomic E-state index is 13.0. The molecular formula is C27H29N7O3. The van der Waals surface area contributed by atoms with E-state index in [0.717, 1.165) is 32.1 Å². The molecule has 4 N–H and O–H groups in total. The molecule has 4 aromatic rings. The van der Waals surface area contributed by atoms with Crippen LogP contribution in [-0.2, 0) is 0 Å². The Kier molecular flexibility index (Phi) is 6.87. The van der Waals surface area contributed by atoms with Gasteiger partial charge in [0.15, 0.2) is 0 Å². The fourth-order valence-corrected chi connectivity index (χ4v) is 4.35. The van der Waals surface area contributed by atoms with E-state index in [2.05, 4.69) is 21.8 Å². The van der Waals surface area contributed by atoms with Crippen molar-refractivity contribution in [2.24, 2.45) is 4.99 Å². The Hall–Kier alpha value is -4.25. The van der Waals surface area contributed by atoms with E-state index in [1.807, 2.05) is 49.2 Å². The summed E-state index contributed by atoms with van der Waals surface area (Å²) in [5.74, 6) is -0.0437. The van der Waals surface area contributed by atoms with Crippen LogP contribution in [0.5, 0.6) is 0 Å². The number of pyridine rings is 1. The van der Waals surface area contributed by atoms with Crippen molar-refractivity contribution >= 4 is 45.0 Å². The molecule has 1 aliphatic heterocycles. The van der Waals surface area contributed by atoms with E-state index < -0.39 is 0 Å². The number of hydrogen-bond donors (Lipinski definition) is 4. The first-order valence-electron chi connectivity index (χ1n) is 12.1. The molecular weight excluding hydrogens is 470 g/mol. The van der Waals surface area contributed by atoms with Gasteiger partial charge in [-0.15, -0.1) is 0 Å². The molecule has 2 heterocycles. The highest BCUT2D eigenvalue weighted by molar-refractivity contribution is 6.08. The quantitative estimate of drug-likeness (QED) is 0.286. The van der Waals surface area contributed by atoms with Gasteiger partial charge in [-0.05, 0) is 43.8 Å². The molecule has 10 nitrogen and oxygen atoms in total. The Morgan fingerprint density at radius 1 is 1.00 bits per heavy atom. The number of amides is 1. The number of likely N-dealkylation sites (N-methyl/N-ethyl adjacent to an activating group) is 1. The molecule has 0 saturated heterocycles. The van der Waals surface area contributed by atoms with Crippen molar-refractivity contribution < 1.29 is 15.2 Å². The second-order valence-corrected chi connectivity index (χ2v) is 9.00. The van der Waals surface area contributed by atoms with Crippen LogP contribution in [0.3, 0.4) is 0 Å². The van der Waals surface area contributed by atoms with Gasteiger partial charge in [0.25, 0.3) is 5.91 Å². The second kappa shape index (κ2) is 10.4. The van der Waals surface area contributed by atoms with Gasteiger partial charge < -0.3 is 10.2 Å².